The van der Waals surface area contributed by atoms with Crippen LogP contribution in [0.2, 0.25) is 0 Å². The summed E-state index contributed by atoms with van der Waals surface area (Å²) in [6.07, 6.45) is 9.11. The molecular weight excluding hydrogens is 250 g/mol. The predicted molar refractivity (Wildman–Crippen MR) is 83.2 cm³/mol. The highest BCUT2D eigenvalue weighted by Crippen LogP contribution is 2.29. The van der Waals surface area contributed by atoms with Gasteiger partial charge in [-0.15, -0.1) is 0 Å². The normalized spacial score (nSPS) is 22.6. The Morgan fingerprint density at radius 2 is 2.35 bits per heavy atom. The molecule has 1 aliphatic carbocycles. The first-order valence-corrected chi connectivity index (χ1v) is 7.30. The molecular formula is C15H25N5. The van der Waals surface area contributed by atoms with Gasteiger partial charge >= 0.3 is 0 Å². The number of allylic oxidation sites excluding steroid dienone is 1. The highest BCUT2D eigenvalue weighted by Gasteiger charge is 2.26. The molecule has 1 aromatic rings. The number of aromatic amines is 1. The van der Waals surface area contributed by atoms with Crippen molar-refractivity contribution in [3.8, 4) is 0 Å². The van der Waals surface area contributed by atoms with E-state index in [9.17, 15) is 0 Å². The van der Waals surface area contributed by atoms with E-state index in [2.05, 4.69) is 44.8 Å². The van der Waals surface area contributed by atoms with Gasteiger partial charge in [0.15, 0.2) is 0 Å². The van der Waals surface area contributed by atoms with Crippen molar-refractivity contribution < 1.29 is 0 Å². The van der Waals surface area contributed by atoms with Gasteiger partial charge in [-0.2, -0.15) is 0 Å². The van der Waals surface area contributed by atoms with E-state index in [4.69, 9.17) is 0 Å². The average molecular weight is 275 g/mol. The van der Waals surface area contributed by atoms with E-state index in [1.54, 1.807) is 0 Å². The summed E-state index contributed by atoms with van der Waals surface area (Å²) in [7, 11) is 1.89. The van der Waals surface area contributed by atoms with Gasteiger partial charge in [0.25, 0.3) is 0 Å². The number of rotatable bonds is 6. The van der Waals surface area contributed by atoms with Crippen LogP contribution in [-0.2, 0) is 6.42 Å². The van der Waals surface area contributed by atoms with Crippen LogP contribution in [0.5, 0.6) is 0 Å². The SMILES string of the molecule is CNCN=CC/C=C/N[C@H]1Cc2[nH]c(C)nc2[C@@H](C)C1. The van der Waals surface area contributed by atoms with Crippen molar-refractivity contribution in [3.05, 3.63) is 29.5 Å². The zero-order valence-electron chi connectivity index (χ0n) is 12.6. The Hall–Kier alpha value is -1.62. The Bertz CT molecular complexity index is 475. The van der Waals surface area contributed by atoms with Crippen LogP contribution < -0.4 is 10.6 Å². The first-order valence-electron chi connectivity index (χ1n) is 7.30. The van der Waals surface area contributed by atoms with Crippen LogP contribution in [0.25, 0.3) is 0 Å². The molecule has 0 radical (unpaired) electrons. The number of fused-ring (bicyclic) bond motifs is 1. The largest absolute Gasteiger partial charge is 0.388 e. The monoisotopic (exact) mass is 275 g/mol. The van der Waals surface area contributed by atoms with E-state index in [1.165, 1.54) is 11.4 Å². The van der Waals surface area contributed by atoms with Crippen molar-refractivity contribution in [3.63, 3.8) is 0 Å². The molecule has 0 saturated carbocycles. The maximum Gasteiger partial charge on any atom is 0.103 e. The molecule has 5 heteroatoms. The van der Waals surface area contributed by atoms with Crippen molar-refractivity contribution >= 4 is 6.21 Å². The van der Waals surface area contributed by atoms with Gasteiger partial charge in [0.05, 0.1) is 12.4 Å². The van der Waals surface area contributed by atoms with Gasteiger partial charge in [0.2, 0.25) is 0 Å². The lowest BCUT2D eigenvalue weighted by atomic mass is 9.88. The molecule has 5 nitrogen and oxygen atoms in total. The first kappa shape index (κ1) is 14.8. The van der Waals surface area contributed by atoms with E-state index in [0.29, 0.717) is 18.6 Å². The Balaban J connectivity index is 1.79. The van der Waals surface area contributed by atoms with Gasteiger partial charge in [-0.25, -0.2) is 4.98 Å². The Labute approximate surface area is 121 Å². The lowest BCUT2D eigenvalue weighted by Gasteiger charge is -2.26. The third-order valence-corrected chi connectivity index (χ3v) is 3.55. The van der Waals surface area contributed by atoms with Crippen molar-refractivity contribution in [2.75, 3.05) is 13.7 Å². The van der Waals surface area contributed by atoms with Crippen LogP contribution in [-0.4, -0.2) is 35.9 Å². The molecule has 0 unspecified atom stereocenters. The summed E-state index contributed by atoms with van der Waals surface area (Å²) >= 11 is 0. The molecule has 20 heavy (non-hydrogen) atoms. The number of aromatic nitrogens is 2. The lowest BCUT2D eigenvalue weighted by molar-refractivity contribution is 0.456. The van der Waals surface area contributed by atoms with Crippen LogP contribution in [0.4, 0.5) is 0 Å². The molecule has 110 valence electrons. The van der Waals surface area contributed by atoms with E-state index < -0.39 is 0 Å². The van der Waals surface area contributed by atoms with Crippen LogP contribution in [0.3, 0.4) is 0 Å². The third kappa shape index (κ3) is 3.93. The number of aliphatic imine (C=N–C) groups is 1. The maximum absolute atomic E-state index is 4.58. The Kier molecular flexibility index (Phi) is 5.35. The number of nitrogens with zero attached hydrogens (tertiary/aromatic N) is 2. The molecule has 0 saturated heterocycles. The number of hydrogen-bond donors (Lipinski definition) is 3. The zero-order chi connectivity index (χ0) is 14.4. The van der Waals surface area contributed by atoms with Gasteiger partial charge in [0, 0.05) is 36.7 Å². The minimum atomic E-state index is 0.489. The van der Waals surface area contributed by atoms with E-state index in [-0.39, 0.29) is 0 Å². The number of hydrogen-bond acceptors (Lipinski definition) is 4. The fraction of sp³-hybridized carbons (Fsp3) is 0.600. The van der Waals surface area contributed by atoms with Crippen LogP contribution >= 0.6 is 0 Å². The Morgan fingerprint density at radius 3 is 3.15 bits per heavy atom. The molecule has 0 aliphatic heterocycles. The topological polar surface area (TPSA) is 65.1 Å². The highest BCUT2D eigenvalue weighted by atomic mass is 15.0. The summed E-state index contributed by atoms with van der Waals surface area (Å²) < 4.78 is 0. The second kappa shape index (κ2) is 7.24. The first-order chi connectivity index (χ1) is 9.70. The molecule has 0 spiro atoms. The predicted octanol–water partition coefficient (Wildman–Crippen LogP) is 1.88. The quantitative estimate of drug-likeness (QED) is 0.695. The van der Waals surface area contributed by atoms with Gasteiger partial charge in [-0.05, 0) is 26.6 Å². The molecule has 0 amide bonds. The van der Waals surface area contributed by atoms with Gasteiger partial charge < -0.3 is 15.6 Å². The smallest absolute Gasteiger partial charge is 0.103 e. The van der Waals surface area contributed by atoms with Gasteiger partial charge in [-0.3, -0.25) is 4.99 Å². The maximum atomic E-state index is 4.58. The number of nitrogens with one attached hydrogen (secondary N) is 3. The average Bonchev–Trinajstić information content (AvgIpc) is 2.79. The summed E-state index contributed by atoms with van der Waals surface area (Å²) in [5.74, 6) is 1.55. The highest BCUT2D eigenvalue weighted by molar-refractivity contribution is 5.59. The minimum absolute atomic E-state index is 0.489. The molecule has 1 aromatic heterocycles. The number of imidazole rings is 1. The lowest BCUT2D eigenvalue weighted by Crippen LogP contribution is -2.32. The van der Waals surface area contributed by atoms with Crippen molar-refractivity contribution in [1.82, 2.24) is 20.6 Å². The number of H-pyrrole nitrogens is 1. The molecule has 3 N–H and O–H groups in total. The van der Waals surface area contributed by atoms with Crippen molar-refractivity contribution in [2.45, 2.75) is 45.1 Å². The number of aryl methyl sites for hydroxylation is 1. The molecule has 1 heterocycles. The van der Waals surface area contributed by atoms with Crippen LogP contribution in [0.1, 0.15) is 42.9 Å². The van der Waals surface area contributed by atoms with E-state index >= 15 is 0 Å². The standard InChI is InChI=1S/C15H25N5/c1-11-8-13(9-14-15(11)20-12(2)19-14)18-7-5-4-6-17-10-16-3/h5-7,11,13,16,18H,4,8-10H2,1-3H3,(H,19,20)/b7-5+,17-6?/t11-,13+/m0/s1. The van der Waals surface area contributed by atoms with Crippen molar-refractivity contribution in [2.24, 2.45) is 4.99 Å². The second-order valence-electron chi connectivity index (χ2n) is 5.41. The zero-order valence-corrected chi connectivity index (χ0v) is 12.6. The molecule has 2 rings (SSSR count). The molecule has 0 bridgehead atoms. The van der Waals surface area contributed by atoms with E-state index in [1.807, 2.05) is 20.2 Å². The molecule has 0 aromatic carbocycles. The summed E-state index contributed by atoms with van der Waals surface area (Å²) in [4.78, 5) is 12.1. The fourth-order valence-electron chi connectivity index (χ4n) is 2.68. The second-order valence-corrected chi connectivity index (χ2v) is 5.41. The minimum Gasteiger partial charge on any atom is -0.388 e. The summed E-state index contributed by atoms with van der Waals surface area (Å²) in [5.41, 5.74) is 2.55. The fourth-order valence-corrected chi connectivity index (χ4v) is 2.68. The summed E-state index contributed by atoms with van der Waals surface area (Å²) in [6, 6.07) is 0.489. The third-order valence-electron chi connectivity index (χ3n) is 3.55. The molecule has 2 atom stereocenters. The molecule has 0 fully saturated rings. The van der Waals surface area contributed by atoms with Crippen LogP contribution in [0, 0.1) is 6.92 Å². The molecule has 1 aliphatic rings. The Morgan fingerprint density at radius 1 is 1.50 bits per heavy atom. The summed E-state index contributed by atoms with van der Waals surface area (Å²) in [6.45, 7) is 4.96. The van der Waals surface area contributed by atoms with Gasteiger partial charge in [0.1, 0.15) is 5.82 Å². The van der Waals surface area contributed by atoms with Gasteiger partial charge in [-0.1, -0.05) is 13.0 Å². The van der Waals surface area contributed by atoms with E-state index in [0.717, 1.165) is 25.1 Å². The van der Waals surface area contributed by atoms with Crippen LogP contribution in [0.15, 0.2) is 17.3 Å². The summed E-state index contributed by atoms with van der Waals surface area (Å²) in [5, 5.41) is 6.47. The van der Waals surface area contributed by atoms with Crippen molar-refractivity contribution in [1.29, 1.82) is 0 Å².